The number of Topliss-reactive ketones (excluding diaryl/α,β-unsaturated/α-hetero) is 1. The number of benzene rings is 1. The van der Waals surface area contributed by atoms with Gasteiger partial charge in [0.05, 0.1) is 12.7 Å². The standard InChI is InChI=1S/C13H12O3/c14-12-10(6-9-4-2-1-3-5-9)7-11-8-15-13(12)16-11/h1-6,11,13H,7-8H2/b10-6+/t11-,13+/m0/s1. The number of ketones is 1. The normalized spacial score (nSPS) is 31.0. The Labute approximate surface area is 93.7 Å². The maximum Gasteiger partial charge on any atom is 0.222 e. The van der Waals surface area contributed by atoms with Crippen LogP contribution in [0.25, 0.3) is 6.08 Å². The first kappa shape index (κ1) is 9.75. The molecule has 2 aliphatic heterocycles. The van der Waals surface area contributed by atoms with Crippen LogP contribution in [0.2, 0.25) is 0 Å². The molecule has 2 fully saturated rings. The minimum absolute atomic E-state index is 0.0300. The maximum absolute atomic E-state index is 11.9. The highest BCUT2D eigenvalue weighted by atomic mass is 16.7. The lowest BCUT2D eigenvalue weighted by Crippen LogP contribution is -2.30. The van der Waals surface area contributed by atoms with E-state index in [1.54, 1.807) is 0 Å². The molecule has 3 nitrogen and oxygen atoms in total. The second-order valence-corrected chi connectivity index (χ2v) is 4.07. The van der Waals surface area contributed by atoms with Crippen LogP contribution in [0.3, 0.4) is 0 Å². The van der Waals surface area contributed by atoms with Gasteiger partial charge in [-0.1, -0.05) is 30.3 Å². The van der Waals surface area contributed by atoms with E-state index in [1.807, 2.05) is 36.4 Å². The van der Waals surface area contributed by atoms with E-state index in [0.29, 0.717) is 13.0 Å². The Kier molecular flexibility index (Phi) is 2.35. The first-order valence-electron chi connectivity index (χ1n) is 5.40. The predicted octanol–water partition coefficient (Wildman–Crippen LogP) is 1.78. The van der Waals surface area contributed by atoms with Crippen LogP contribution < -0.4 is 0 Å². The van der Waals surface area contributed by atoms with Gasteiger partial charge >= 0.3 is 0 Å². The first-order chi connectivity index (χ1) is 7.83. The number of fused-ring (bicyclic) bond motifs is 2. The largest absolute Gasteiger partial charge is 0.343 e. The maximum atomic E-state index is 11.9. The SMILES string of the molecule is O=C1/C(=C/c2ccccc2)C[C@H]2CO[C@@H]1O2. The molecule has 2 bridgehead atoms. The Morgan fingerprint density at radius 2 is 2.06 bits per heavy atom. The molecule has 2 heterocycles. The van der Waals surface area contributed by atoms with Gasteiger partial charge in [0.25, 0.3) is 0 Å². The van der Waals surface area contributed by atoms with Crippen molar-refractivity contribution >= 4 is 11.9 Å². The quantitative estimate of drug-likeness (QED) is 0.671. The molecule has 16 heavy (non-hydrogen) atoms. The van der Waals surface area contributed by atoms with Gasteiger partial charge in [-0.2, -0.15) is 0 Å². The van der Waals surface area contributed by atoms with Crippen LogP contribution in [0.15, 0.2) is 35.9 Å². The molecule has 3 heteroatoms. The van der Waals surface area contributed by atoms with E-state index in [-0.39, 0.29) is 11.9 Å². The fraction of sp³-hybridized carbons (Fsp3) is 0.308. The third-order valence-electron chi connectivity index (χ3n) is 2.87. The summed E-state index contributed by atoms with van der Waals surface area (Å²) >= 11 is 0. The molecule has 0 radical (unpaired) electrons. The smallest absolute Gasteiger partial charge is 0.222 e. The molecule has 2 aliphatic rings. The molecule has 2 atom stereocenters. The van der Waals surface area contributed by atoms with Gasteiger partial charge < -0.3 is 9.47 Å². The fourth-order valence-electron chi connectivity index (χ4n) is 2.07. The Bertz CT molecular complexity index is 436. The van der Waals surface area contributed by atoms with Gasteiger partial charge in [0.1, 0.15) is 0 Å². The van der Waals surface area contributed by atoms with Crippen molar-refractivity contribution in [2.45, 2.75) is 18.8 Å². The zero-order valence-corrected chi connectivity index (χ0v) is 8.76. The predicted molar refractivity (Wildman–Crippen MR) is 58.7 cm³/mol. The van der Waals surface area contributed by atoms with Gasteiger partial charge in [0.2, 0.25) is 12.1 Å². The highest BCUT2D eigenvalue weighted by Crippen LogP contribution is 2.29. The van der Waals surface area contributed by atoms with Gasteiger partial charge in [-0.05, 0) is 11.6 Å². The van der Waals surface area contributed by atoms with Crippen LogP contribution in [0.1, 0.15) is 12.0 Å². The van der Waals surface area contributed by atoms with Crippen molar-refractivity contribution in [1.29, 1.82) is 0 Å². The average Bonchev–Trinajstić information content (AvgIpc) is 2.72. The Balaban J connectivity index is 1.90. The summed E-state index contributed by atoms with van der Waals surface area (Å²) in [4.78, 5) is 11.9. The summed E-state index contributed by atoms with van der Waals surface area (Å²) < 4.78 is 10.6. The first-order valence-corrected chi connectivity index (χ1v) is 5.40. The van der Waals surface area contributed by atoms with E-state index in [1.165, 1.54) is 0 Å². The Hall–Kier alpha value is -1.45. The molecule has 0 N–H and O–H groups in total. The van der Waals surface area contributed by atoms with Crippen LogP contribution in [-0.4, -0.2) is 24.8 Å². The highest BCUT2D eigenvalue weighted by molar-refractivity contribution is 6.02. The van der Waals surface area contributed by atoms with Crippen molar-refractivity contribution in [1.82, 2.24) is 0 Å². The molecule has 82 valence electrons. The number of rotatable bonds is 1. The molecule has 2 saturated heterocycles. The molecule has 3 rings (SSSR count). The van der Waals surface area contributed by atoms with Gasteiger partial charge in [-0.15, -0.1) is 0 Å². The molecular formula is C13H12O3. The molecule has 1 aromatic carbocycles. The van der Waals surface area contributed by atoms with E-state index in [2.05, 4.69) is 0 Å². The third kappa shape index (κ3) is 1.68. The minimum Gasteiger partial charge on any atom is -0.343 e. The summed E-state index contributed by atoms with van der Waals surface area (Å²) in [6.07, 6.45) is 1.98. The lowest BCUT2D eigenvalue weighted by atomic mass is 9.99. The molecule has 1 aromatic rings. The zero-order valence-electron chi connectivity index (χ0n) is 8.76. The van der Waals surface area contributed by atoms with Crippen LogP contribution in [0, 0.1) is 0 Å². The molecule has 0 aromatic heterocycles. The zero-order chi connectivity index (χ0) is 11.0. The second kappa shape index (κ2) is 3.85. The Morgan fingerprint density at radius 1 is 1.25 bits per heavy atom. The summed E-state index contributed by atoms with van der Waals surface area (Å²) in [7, 11) is 0. The number of carbonyl (C=O) groups excluding carboxylic acids is 1. The summed E-state index contributed by atoms with van der Waals surface area (Å²) in [5.74, 6) is -0.0300. The van der Waals surface area contributed by atoms with E-state index < -0.39 is 6.29 Å². The van der Waals surface area contributed by atoms with Crippen molar-refractivity contribution in [3.05, 3.63) is 41.5 Å². The van der Waals surface area contributed by atoms with Crippen molar-refractivity contribution in [2.24, 2.45) is 0 Å². The topological polar surface area (TPSA) is 35.5 Å². The lowest BCUT2D eigenvalue weighted by Gasteiger charge is -2.19. The summed E-state index contributed by atoms with van der Waals surface area (Å²) in [6, 6.07) is 9.85. The number of carbonyl (C=O) groups is 1. The number of ether oxygens (including phenoxy) is 2. The van der Waals surface area contributed by atoms with E-state index in [9.17, 15) is 4.79 Å². The van der Waals surface area contributed by atoms with Gasteiger partial charge in [-0.25, -0.2) is 0 Å². The molecule has 0 spiro atoms. The highest BCUT2D eigenvalue weighted by Gasteiger charge is 2.39. The van der Waals surface area contributed by atoms with E-state index >= 15 is 0 Å². The Morgan fingerprint density at radius 3 is 2.88 bits per heavy atom. The number of hydrogen-bond donors (Lipinski definition) is 0. The van der Waals surface area contributed by atoms with Crippen molar-refractivity contribution < 1.29 is 14.3 Å². The summed E-state index contributed by atoms with van der Waals surface area (Å²) in [6.45, 7) is 0.530. The van der Waals surface area contributed by atoms with Crippen LogP contribution in [0.5, 0.6) is 0 Å². The summed E-state index contributed by atoms with van der Waals surface area (Å²) in [5.41, 5.74) is 1.86. The van der Waals surface area contributed by atoms with Crippen LogP contribution >= 0.6 is 0 Å². The second-order valence-electron chi connectivity index (χ2n) is 4.07. The molecular weight excluding hydrogens is 204 g/mol. The lowest BCUT2D eigenvalue weighted by molar-refractivity contribution is -0.146. The summed E-state index contributed by atoms with van der Waals surface area (Å²) in [5, 5.41) is 0. The molecule has 0 unspecified atom stereocenters. The molecule has 0 aliphatic carbocycles. The van der Waals surface area contributed by atoms with Gasteiger partial charge in [0.15, 0.2) is 0 Å². The third-order valence-corrected chi connectivity index (χ3v) is 2.87. The number of hydrogen-bond acceptors (Lipinski definition) is 3. The molecule has 0 amide bonds. The van der Waals surface area contributed by atoms with Crippen LogP contribution in [-0.2, 0) is 14.3 Å². The van der Waals surface area contributed by atoms with Crippen molar-refractivity contribution in [3.63, 3.8) is 0 Å². The van der Waals surface area contributed by atoms with Crippen molar-refractivity contribution in [3.8, 4) is 0 Å². The monoisotopic (exact) mass is 216 g/mol. The van der Waals surface area contributed by atoms with E-state index in [4.69, 9.17) is 9.47 Å². The average molecular weight is 216 g/mol. The van der Waals surface area contributed by atoms with E-state index in [0.717, 1.165) is 11.1 Å². The van der Waals surface area contributed by atoms with Gasteiger partial charge in [-0.3, -0.25) is 4.79 Å². The fourth-order valence-corrected chi connectivity index (χ4v) is 2.07. The van der Waals surface area contributed by atoms with Crippen LogP contribution in [0.4, 0.5) is 0 Å². The van der Waals surface area contributed by atoms with Crippen molar-refractivity contribution in [2.75, 3.05) is 6.61 Å². The van der Waals surface area contributed by atoms with Gasteiger partial charge in [0, 0.05) is 12.0 Å². The minimum atomic E-state index is -0.659. The molecule has 0 saturated carbocycles.